The van der Waals surface area contributed by atoms with Gasteiger partial charge in [0.1, 0.15) is 5.82 Å². The molecule has 2 heterocycles. The predicted molar refractivity (Wildman–Crippen MR) is 97.2 cm³/mol. The quantitative estimate of drug-likeness (QED) is 0.554. The summed E-state index contributed by atoms with van der Waals surface area (Å²) >= 11 is 6.06. The zero-order valence-corrected chi connectivity index (χ0v) is 15.0. The fourth-order valence-corrected chi connectivity index (χ4v) is 2.63. The molecule has 0 atom stereocenters. The van der Waals surface area contributed by atoms with Crippen LogP contribution < -0.4 is 5.32 Å². The largest absolute Gasteiger partial charge is 0.344 e. The minimum Gasteiger partial charge on any atom is -0.344 e. The van der Waals surface area contributed by atoms with Gasteiger partial charge in [-0.25, -0.2) is 9.07 Å². The Morgan fingerprint density at radius 3 is 2.89 bits per heavy atom. The highest BCUT2D eigenvalue weighted by atomic mass is 35.5. The lowest BCUT2D eigenvalue weighted by Crippen LogP contribution is -2.23. The van der Waals surface area contributed by atoms with Gasteiger partial charge in [0.15, 0.2) is 5.69 Å². The summed E-state index contributed by atoms with van der Waals surface area (Å²) in [5.74, 6) is -1.07. The van der Waals surface area contributed by atoms with Gasteiger partial charge in [0, 0.05) is 11.6 Å². The van der Waals surface area contributed by atoms with E-state index in [-0.39, 0.29) is 24.0 Å². The van der Waals surface area contributed by atoms with Crippen LogP contribution in [0.4, 0.5) is 4.39 Å². The lowest BCUT2D eigenvalue weighted by Gasteiger charge is -2.04. The summed E-state index contributed by atoms with van der Waals surface area (Å²) in [5.41, 5.74) is 1.52. The van der Waals surface area contributed by atoms with Crippen LogP contribution >= 0.6 is 11.6 Å². The summed E-state index contributed by atoms with van der Waals surface area (Å²) in [6.07, 6.45) is 1.51. The summed E-state index contributed by atoms with van der Waals surface area (Å²) in [5, 5.41) is 14.8. The van der Waals surface area contributed by atoms with Crippen LogP contribution in [0.3, 0.4) is 0 Å². The molecule has 2 aromatic carbocycles. The summed E-state index contributed by atoms with van der Waals surface area (Å²) in [7, 11) is 0. The maximum absolute atomic E-state index is 13.3. The molecule has 0 radical (unpaired) electrons. The summed E-state index contributed by atoms with van der Waals surface area (Å²) in [6.45, 7) is 0.214. The molecule has 0 saturated carbocycles. The summed E-state index contributed by atoms with van der Waals surface area (Å²) in [6, 6.07) is 13.0. The van der Waals surface area contributed by atoms with Crippen molar-refractivity contribution in [3.05, 3.63) is 77.0 Å². The average molecular weight is 399 g/mol. The third-order valence-corrected chi connectivity index (χ3v) is 4.18. The van der Waals surface area contributed by atoms with Crippen molar-refractivity contribution in [1.82, 2.24) is 30.5 Å². The van der Waals surface area contributed by atoms with Crippen molar-refractivity contribution < 1.29 is 13.7 Å². The maximum Gasteiger partial charge on any atom is 0.316 e. The lowest BCUT2D eigenvalue weighted by molar-refractivity contribution is 0.0907. The van der Waals surface area contributed by atoms with Crippen molar-refractivity contribution in [3.8, 4) is 17.2 Å². The number of benzene rings is 2. The lowest BCUT2D eigenvalue weighted by atomic mass is 10.2. The molecule has 0 saturated heterocycles. The Hall–Kier alpha value is -3.59. The molecule has 4 aromatic rings. The molecule has 0 bridgehead atoms. The predicted octanol–water partition coefficient (Wildman–Crippen LogP) is 3.04. The number of hydrogen-bond acceptors (Lipinski definition) is 6. The number of amides is 1. The van der Waals surface area contributed by atoms with E-state index in [4.69, 9.17) is 16.1 Å². The number of carbonyl (C=O) groups excluding carboxylic acids is 1. The van der Waals surface area contributed by atoms with E-state index in [1.54, 1.807) is 30.3 Å². The molecule has 0 spiro atoms. The molecule has 0 fully saturated rings. The van der Waals surface area contributed by atoms with E-state index in [0.717, 1.165) is 5.56 Å². The van der Waals surface area contributed by atoms with E-state index >= 15 is 0 Å². The number of hydrogen-bond donors (Lipinski definition) is 1. The molecule has 10 heteroatoms. The van der Waals surface area contributed by atoms with Crippen molar-refractivity contribution in [2.75, 3.05) is 0 Å². The van der Waals surface area contributed by atoms with Gasteiger partial charge in [-0.1, -0.05) is 46.2 Å². The normalized spacial score (nSPS) is 10.8. The molecular formula is C18H12ClFN6O2. The molecule has 0 unspecified atom stereocenters. The third-order valence-electron chi connectivity index (χ3n) is 3.81. The van der Waals surface area contributed by atoms with Crippen molar-refractivity contribution in [2.45, 2.75) is 6.54 Å². The van der Waals surface area contributed by atoms with Crippen LogP contribution in [0, 0.1) is 5.82 Å². The zero-order chi connectivity index (χ0) is 19.5. The zero-order valence-electron chi connectivity index (χ0n) is 14.2. The van der Waals surface area contributed by atoms with E-state index in [0.29, 0.717) is 10.7 Å². The second kappa shape index (κ2) is 7.57. The van der Waals surface area contributed by atoms with Crippen molar-refractivity contribution in [2.24, 2.45) is 0 Å². The van der Waals surface area contributed by atoms with Gasteiger partial charge in [-0.3, -0.25) is 4.79 Å². The van der Waals surface area contributed by atoms with Crippen LogP contribution in [0.5, 0.6) is 0 Å². The van der Waals surface area contributed by atoms with Gasteiger partial charge in [-0.15, -0.1) is 5.10 Å². The molecule has 8 nitrogen and oxygen atoms in total. The second-order valence-electron chi connectivity index (χ2n) is 5.73. The van der Waals surface area contributed by atoms with Gasteiger partial charge >= 0.3 is 11.8 Å². The number of nitrogens with one attached hydrogen (secondary N) is 1. The number of nitrogens with zero attached hydrogens (tertiary/aromatic N) is 5. The fraction of sp³-hybridized carbons (Fsp3) is 0.0556. The molecule has 0 aliphatic heterocycles. The highest BCUT2D eigenvalue weighted by Crippen LogP contribution is 2.16. The van der Waals surface area contributed by atoms with Gasteiger partial charge in [-0.05, 0) is 29.8 Å². The van der Waals surface area contributed by atoms with Gasteiger partial charge in [0.2, 0.25) is 5.82 Å². The number of rotatable bonds is 5. The topological polar surface area (TPSA) is 98.7 Å². The van der Waals surface area contributed by atoms with E-state index in [1.165, 1.54) is 23.0 Å². The smallest absolute Gasteiger partial charge is 0.316 e. The van der Waals surface area contributed by atoms with Crippen LogP contribution in [0.1, 0.15) is 16.2 Å². The molecule has 2 aromatic heterocycles. The summed E-state index contributed by atoms with van der Waals surface area (Å²) in [4.78, 5) is 16.2. The van der Waals surface area contributed by atoms with E-state index in [9.17, 15) is 9.18 Å². The van der Waals surface area contributed by atoms with Crippen molar-refractivity contribution in [1.29, 1.82) is 0 Å². The molecular weight excluding hydrogens is 387 g/mol. The SMILES string of the molecule is O=C(NCc1ccccc1Cl)c1nc(-c2cn(-c3cccc(F)c3)nn2)no1. The highest BCUT2D eigenvalue weighted by Gasteiger charge is 2.18. The van der Waals surface area contributed by atoms with Gasteiger partial charge in [0.05, 0.1) is 11.9 Å². The molecule has 1 amide bonds. The van der Waals surface area contributed by atoms with Crippen LogP contribution in [0.25, 0.3) is 17.2 Å². The molecule has 0 aliphatic rings. The number of aromatic nitrogens is 5. The Morgan fingerprint density at radius 1 is 1.21 bits per heavy atom. The molecule has 28 heavy (non-hydrogen) atoms. The maximum atomic E-state index is 13.3. The molecule has 1 N–H and O–H groups in total. The minimum absolute atomic E-state index is 0.0885. The van der Waals surface area contributed by atoms with Crippen LogP contribution in [0.2, 0.25) is 5.02 Å². The van der Waals surface area contributed by atoms with E-state index < -0.39 is 11.7 Å². The van der Waals surface area contributed by atoms with Gasteiger partial charge < -0.3 is 9.84 Å². The molecule has 4 rings (SSSR count). The fourth-order valence-electron chi connectivity index (χ4n) is 2.42. The standard InChI is InChI=1S/C18H12ClFN6O2/c19-14-7-2-1-4-11(14)9-21-17(27)18-22-16(24-28-18)15-10-26(25-23-15)13-6-3-5-12(20)8-13/h1-8,10H,9H2,(H,21,27). The third kappa shape index (κ3) is 3.74. The average Bonchev–Trinajstić information content (AvgIpc) is 3.37. The van der Waals surface area contributed by atoms with Gasteiger partial charge in [-0.2, -0.15) is 4.98 Å². The first-order valence-electron chi connectivity index (χ1n) is 8.14. The molecule has 0 aliphatic carbocycles. The Morgan fingerprint density at radius 2 is 2.07 bits per heavy atom. The van der Waals surface area contributed by atoms with E-state index in [1.807, 2.05) is 6.07 Å². The Labute approximate surface area is 162 Å². The van der Waals surface area contributed by atoms with Crippen molar-refractivity contribution in [3.63, 3.8) is 0 Å². The van der Waals surface area contributed by atoms with Crippen LogP contribution in [0.15, 0.2) is 59.3 Å². The van der Waals surface area contributed by atoms with E-state index in [2.05, 4.69) is 25.8 Å². The second-order valence-corrected chi connectivity index (χ2v) is 6.13. The van der Waals surface area contributed by atoms with Crippen LogP contribution in [-0.4, -0.2) is 31.0 Å². The first kappa shape index (κ1) is 17.8. The Bertz CT molecular complexity index is 1140. The first-order chi connectivity index (χ1) is 13.6. The Balaban J connectivity index is 1.47. The first-order valence-corrected chi connectivity index (χ1v) is 8.52. The minimum atomic E-state index is -0.545. The number of carbonyl (C=O) groups is 1. The van der Waals surface area contributed by atoms with Crippen molar-refractivity contribution >= 4 is 17.5 Å². The van der Waals surface area contributed by atoms with Crippen LogP contribution in [-0.2, 0) is 6.54 Å². The molecule has 140 valence electrons. The highest BCUT2D eigenvalue weighted by molar-refractivity contribution is 6.31. The monoisotopic (exact) mass is 398 g/mol. The summed E-state index contributed by atoms with van der Waals surface area (Å²) < 4.78 is 19.7. The number of halogens is 2. The van der Waals surface area contributed by atoms with Gasteiger partial charge in [0.25, 0.3) is 0 Å². The Kier molecular flexibility index (Phi) is 4.81.